The molecule has 3 nitrogen and oxygen atoms in total. The van der Waals surface area contributed by atoms with Crippen LogP contribution in [0.3, 0.4) is 0 Å². The van der Waals surface area contributed by atoms with Crippen molar-refractivity contribution in [3.05, 3.63) is 10.4 Å². The first-order chi connectivity index (χ1) is 9.11. The number of carbonyl (C=O) groups is 1. The standard InChI is InChI=1S/C15H22N2OS/c1-3-10-6-7-17(8-10)15-12(11-4-5-11)13(16)14(19-15)9(2)18/h10-11H,3-8,16H2,1-2H3. The van der Waals surface area contributed by atoms with Gasteiger partial charge in [-0.25, -0.2) is 0 Å². The van der Waals surface area contributed by atoms with Crippen molar-refractivity contribution in [3.63, 3.8) is 0 Å². The van der Waals surface area contributed by atoms with Gasteiger partial charge in [0.1, 0.15) is 0 Å². The summed E-state index contributed by atoms with van der Waals surface area (Å²) < 4.78 is 0. The van der Waals surface area contributed by atoms with E-state index in [1.807, 2.05) is 0 Å². The van der Waals surface area contributed by atoms with Gasteiger partial charge >= 0.3 is 0 Å². The average molecular weight is 278 g/mol. The number of anilines is 2. The highest BCUT2D eigenvalue weighted by atomic mass is 32.1. The van der Waals surface area contributed by atoms with Crippen molar-refractivity contribution >= 4 is 27.8 Å². The summed E-state index contributed by atoms with van der Waals surface area (Å²) in [5.41, 5.74) is 8.30. The largest absolute Gasteiger partial charge is 0.397 e. The molecule has 2 fully saturated rings. The second-order valence-electron chi connectivity index (χ2n) is 5.90. The zero-order valence-corrected chi connectivity index (χ0v) is 12.6. The Morgan fingerprint density at radius 1 is 1.42 bits per heavy atom. The number of thiophene rings is 1. The summed E-state index contributed by atoms with van der Waals surface area (Å²) in [7, 11) is 0. The monoisotopic (exact) mass is 278 g/mol. The van der Waals surface area contributed by atoms with E-state index in [1.54, 1.807) is 18.3 Å². The van der Waals surface area contributed by atoms with Gasteiger partial charge in [-0.1, -0.05) is 13.3 Å². The van der Waals surface area contributed by atoms with Gasteiger partial charge in [-0.15, -0.1) is 11.3 Å². The molecule has 0 spiro atoms. The molecular weight excluding hydrogens is 256 g/mol. The molecule has 0 amide bonds. The zero-order valence-electron chi connectivity index (χ0n) is 11.7. The second-order valence-corrected chi connectivity index (χ2v) is 6.90. The third kappa shape index (κ3) is 2.27. The van der Waals surface area contributed by atoms with Gasteiger partial charge in [-0.05, 0) is 31.1 Å². The Morgan fingerprint density at radius 2 is 2.16 bits per heavy atom. The lowest BCUT2D eigenvalue weighted by Gasteiger charge is -2.18. The van der Waals surface area contributed by atoms with Crippen LogP contribution in [0.4, 0.5) is 10.7 Å². The number of Topliss-reactive ketones (excluding diaryl/α,β-unsaturated/α-hetero) is 1. The number of nitrogens with zero attached hydrogens (tertiary/aromatic N) is 1. The normalized spacial score (nSPS) is 23.1. The van der Waals surface area contributed by atoms with Crippen molar-refractivity contribution < 1.29 is 4.79 Å². The lowest BCUT2D eigenvalue weighted by atomic mass is 10.1. The summed E-state index contributed by atoms with van der Waals surface area (Å²) in [6.45, 7) is 6.14. The van der Waals surface area contributed by atoms with Gasteiger partial charge in [-0.2, -0.15) is 0 Å². The van der Waals surface area contributed by atoms with Crippen molar-refractivity contribution in [2.24, 2.45) is 5.92 Å². The van der Waals surface area contributed by atoms with Gasteiger partial charge in [-0.3, -0.25) is 4.79 Å². The van der Waals surface area contributed by atoms with E-state index < -0.39 is 0 Å². The van der Waals surface area contributed by atoms with Crippen LogP contribution in [0.1, 0.15) is 60.7 Å². The third-order valence-electron chi connectivity index (χ3n) is 4.42. The predicted molar refractivity (Wildman–Crippen MR) is 81.3 cm³/mol. The van der Waals surface area contributed by atoms with Crippen molar-refractivity contribution in [2.45, 2.75) is 45.4 Å². The highest BCUT2D eigenvalue weighted by molar-refractivity contribution is 7.18. The Labute approximate surface area is 118 Å². The SMILES string of the molecule is CCC1CCN(c2sc(C(C)=O)c(N)c2C2CC2)C1. The van der Waals surface area contributed by atoms with Gasteiger partial charge in [0.05, 0.1) is 15.6 Å². The van der Waals surface area contributed by atoms with Crippen LogP contribution in [-0.4, -0.2) is 18.9 Å². The van der Waals surface area contributed by atoms with Crippen LogP contribution in [0.5, 0.6) is 0 Å². The molecule has 0 bridgehead atoms. The fourth-order valence-corrected chi connectivity index (χ4v) is 4.30. The van der Waals surface area contributed by atoms with E-state index in [9.17, 15) is 4.79 Å². The topological polar surface area (TPSA) is 46.3 Å². The maximum atomic E-state index is 11.7. The Hall–Kier alpha value is -1.03. The molecule has 1 saturated heterocycles. The molecule has 1 aromatic rings. The molecule has 0 radical (unpaired) electrons. The van der Waals surface area contributed by atoms with E-state index in [0.29, 0.717) is 5.92 Å². The van der Waals surface area contributed by atoms with E-state index >= 15 is 0 Å². The molecule has 1 atom stereocenters. The summed E-state index contributed by atoms with van der Waals surface area (Å²) in [4.78, 5) is 15.0. The first-order valence-electron chi connectivity index (χ1n) is 7.29. The maximum Gasteiger partial charge on any atom is 0.171 e. The molecule has 1 aliphatic carbocycles. The van der Waals surface area contributed by atoms with Gasteiger partial charge in [0, 0.05) is 25.6 Å². The quantitative estimate of drug-likeness (QED) is 0.855. The molecule has 1 saturated carbocycles. The maximum absolute atomic E-state index is 11.7. The van der Waals surface area contributed by atoms with Gasteiger partial charge in [0.15, 0.2) is 5.78 Å². The summed E-state index contributed by atoms with van der Waals surface area (Å²) in [6.07, 6.45) is 4.98. The molecule has 0 aromatic carbocycles. The molecule has 3 rings (SSSR count). The summed E-state index contributed by atoms with van der Waals surface area (Å²) in [5, 5.41) is 1.29. The highest BCUT2D eigenvalue weighted by Crippen LogP contribution is 2.52. The molecule has 1 aromatic heterocycles. The molecular formula is C15H22N2OS. The summed E-state index contributed by atoms with van der Waals surface area (Å²) in [6, 6.07) is 0. The number of nitrogens with two attached hydrogens (primary N) is 1. The second kappa shape index (κ2) is 4.82. The number of hydrogen-bond donors (Lipinski definition) is 1. The molecule has 19 heavy (non-hydrogen) atoms. The van der Waals surface area contributed by atoms with Crippen LogP contribution >= 0.6 is 11.3 Å². The third-order valence-corrected chi connectivity index (χ3v) is 5.80. The van der Waals surface area contributed by atoms with Crippen LogP contribution in [0.2, 0.25) is 0 Å². The van der Waals surface area contributed by atoms with E-state index in [4.69, 9.17) is 5.73 Å². The lowest BCUT2D eigenvalue weighted by molar-refractivity contribution is 0.102. The highest BCUT2D eigenvalue weighted by Gasteiger charge is 2.35. The number of ketones is 1. The Morgan fingerprint density at radius 3 is 2.68 bits per heavy atom. The van der Waals surface area contributed by atoms with E-state index in [0.717, 1.165) is 29.6 Å². The van der Waals surface area contributed by atoms with E-state index in [2.05, 4.69) is 11.8 Å². The summed E-state index contributed by atoms with van der Waals surface area (Å²) >= 11 is 1.62. The lowest BCUT2D eigenvalue weighted by Crippen LogP contribution is -2.19. The van der Waals surface area contributed by atoms with Crippen molar-refractivity contribution in [1.29, 1.82) is 0 Å². The van der Waals surface area contributed by atoms with Crippen molar-refractivity contribution in [3.8, 4) is 0 Å². The fraction of sp³-hybridized carbons (Fsp3) is 0.667. The first kappa shape index (κ1) is 13.0. The van der Waals surface area contributed by atoms with Gasteiger partial charge in [0.25, 0.3) is 0 Å². The molecule has 2 heterocycles. The predicted octanol–water partition coefficient (Wildman–Crippen LogP) is 3.65. The Kier molecular flexibility index (Phi) is 3.29. The summed E-state index contributed by atoms with van der Waals surface area (Å²) in [5.74, 6) is 1.53. The molecule has 1 aliphatic heterocycles. The molecule has 1 unspecified atom stereocenters. The molecule has 2 N–H and O–H groups in total. The minimum absolute atomic E-state index is 0.113. The number of nitrogen functional groups attached to an aromatic ring is 1. The van der Waals surface area contributed by atoms with Crippen molar-refractivity contribution in [2.75, 3.05) is 23.7 Å². The van der Waals surface area contributed by atoms with Crippen LogP contribution in [-0.2, 0) is 0 Å². The van der Waals surface area contributed by atoms with Crippen LogP contribution in [0.25, 0.3) is 0 Å². The number of hydrogen-bond acceptors (Lipinski definition) is 4. The molecule has 104 valence electrons. The van der Waals surface area contributed by atoms with Crippen LogP contribution < -0.4 is 10.6 Å². The van der Waals surface area contributed by atoms with Crippen LogP contribution in [0.15, 0.2) is 0 Å². The molecule has 2 aliphatic rings. The Balaban J connectivity index is 1.96. The fourth-order valence-electron chi connectivity index (χ4n) is 3.06. The van der Waals surface area contributed by atoms with Gasteiger partial charge in [0.2, 0.25) is 0 Å². The zero-order chi connectivity index (χ0) is 13.6. The van der Waals surface area contributed by atoms with Crippen molar-refractivity contribution in [1.82, 2.24) is 0 Å². The first-order valence-corrected chi connectivity index (χ1v) is 8.11. The Bertz CT molecular complexity index is 504. The minimum atomic E-state index is 0.113. The molecule has 4 heteroatoms. The smallest absolute Gasteiger partial charge is 0.171 e. The van der Waals surface area contributed by atoms with E-state index in [1.165, 1.54) is 36.2 Å². The van der Waals surface area contributed by atoms with Crippen LogP contribution in [0, 0.1) is 5.92 Å². The van der Waals surface area contributed by atoms with E-state index in [-0.39, 0.29) is 5.78 Å². The number of carbonyl (C=O) groups excluding carboxylic acids is 1. The minimum Gasteiger partial charge on any atom is -0.397 e. The van der Waals surface area contributed by atoms with Gasteiger partial charge < -0.3 is 10.6 Å². The average Bonchev–Trinajstić information content (AvgIpc) is 2.99. The number of rotatable bonds is 4.